The Hall–Kier alpha value is -11.9. The molecule has 92 heavy (non-hydrogen) atoms. The number of anilines is 8. The van der Waals surface area contributed by atoms with Gasteiger partial charge in [-0.3, -0.25) is 52.7 Å². The summed E-state index contributed by atoms with van der Waals surface area (Å²) in [6.45, 7) is 2.77. The molecule has 484 valence electrons. The molecular weight excluding hydrogens is 1200 g/mol. The molecule has 0 aromatic carbocycles. The summed E-state index contributed by atoms with van der Waals surface area (Å²) in [7, 11) is 12.7. The first kappa shape index (κ1) is 66.1. The van der Waals surface area contributed by atoms with Crippen molar-refractivity contribution >= 4 is 111 Å². The van der Waals surface area contributed by atoms with Crippen molar-refractivity contribution in [3.8, 4) is 0 Å². The third-order valence-electron chi connectivity index (χ3n) is 13.8. The van der Waals surface area contributed by atoms with Gasteiger partial charge in [-0.1, -0.05) is 6.92 Å². The summed E-state index contributed by atoms with van der Waals surface area (Å²) in [5.74, 6) is -5.61. The van der Waals surface area contributed by atoms with Crippen molar-refractivity contribution in [2.45, 2.75) is 39.0 Å². The van der Waals surface area contributed by atoms with Crippen molar-refractivity contribution < 1.29 is 52.7 Å². The largest absolute Gasteiger partial charge is 0.356 e. The van der Waals surface area contributed by atoms with Gasteiger partial charge in [0.05, 0.1) is 22.7 Å². The Kier molecular flexibility index (Phi) is 20.8. The zero-order valence-corrected chi connectivity index (χ0v) is 51.7. The van der Waals surface area contributed by atoms with E-state index in [1.165, 1.54) is 99.7 Å². The zero-order valence-electron chi connectivity index (χ0n) is 51.7. The summed E-state index contributed by atoms with van der Waals surface area (Å²) >= 11 is 0. The van der Waals surface area contributed by atoms with E-state index in [1.54, 1.807) is 74.0 Å². The van der Waals surface area contributed by atoms with Gasteiger partial charge in [-0.2, -0.15) is 0 Å². The minimum absolute atomic E-state index is 0.000699. The number of amides is 11. The van der Waals surface area contributed by atoms with E-state index in [1.807, 2.05) is 0 Å². The monoisotopic (exact) mass is 1270 g/mol. The average molecular weight is 1270 g/mol. The number of rotatable bonds is 27. The van der Waals surface area contributed by atoms with E-state index < -0.39 is 53.2 Å². The van der Waals surface area contributed by atoms with Crippen LogP contribution in [0.4, 0.5) is 46.0 Å². The van der Waals surface area contributed by atoms with Crippen molar-refractivity contribution in [2.24, 2.45) is 62.1 Å². The number of aromatic nitrogens is 12. The van der Waals surface area contributed by atoms with Gasteiger partial charge in [0.1, 0.15) is 22.8 Å². The smallest absolute Gasteiger partial charge is 0.292 e. The van der Waals surface area contributed by atoms with Crippen LogP contribution < -0.4 is 64.2 Å². The van der Waals surface area contributed by atoms with Crippen LogP contribution in [0.25, 0.3) is 0 Å². The number of nitrogens with one attached hydrogen (secondary N) is 11. The van der Waals surface area contributed by atoms with Crippen LogP contribution in [0.15, 0.2) is 73.8 Å². The summed E-state index contributed by atoms with van der Waals surface area (Å²) in [6, 6.07) is 5.93. The second-order valence-electron chi connectivity index (χ2n) is 21.2. The maximum atomic E-state index is 13.5. The molecule has 0 bridgehead atoms. The number of hydrogen-bond acceptors (Lipinski definition) is 16. The molecule has 35 heteroatoms. The fourth-order valence-corrected chi connectivity index (χ4v) is 9.27. The van der Waals surface area contributed by atoms with Crippen molar-refractivity contribution in [1.29, 1.82) is 0 Å². The van der Waals surface area contributed by atoms with Gasteiger partial charge in [-0.15, -0.1) is 0 Å². The number of nitrogens with two attached hydrogens (primary N) is 1. The van der Waals surface area contributed by atoms with Crippen LogP contribution in [-0.2, 0) is 70.8 Å². The molecular formula is C57H70N24O11. The molecule has 13 N–H and O–H groups in total. The highest BCUT2D eigenvalue weighted by Gasteiger charge is 2.25. The molecule has 0 aliphatic rings. The predicted molar refractivity (Wildman–Crippen MR) is 335 cm³/mol. The number of aryl methyl sites for hydroxylation is 8. The van der Waals surface area contributed by atoms with E-state index in [-0.39, 0.29) is 120 Å². The molecule has 11 amide bonds. The van der Waals surface area contributed by atoms with Crippen LogP contribution in [0.1, 0.15) is 123 Å². The van der Waals surface area contributed by atoms with Gasteiger partial charge >= 0.3 is 0 Å². The summed E-state index contributed by atoms with van der Waals surface area (Å²) < 4.78 is 11.6. The maximum Gasteiger partial charge on any atom is 0.292 e. The number of nitrogens with zero attached hydrogens (tertiary/aromatic N) is 12. The highest BCUT2D eigenvalue weighted by Crippen LogP contribution is 2.23. The standard InChI is InChI=1S/C57H70N24O11/c1-10-43(82)66-39-27-79(7)47(67-39)55(90)72-41-29-81(9)49(69-41)57(92)73-42-30-80(8)48(70-42)56(91)71-40-28-78(6)46(68-40)54(89)60-16-11-13-45(84)62-31-19-36(75(3)23-31)51(86)64-33-21-38(77(5)25-33)53(88)65-34-22-37(76(4)26-34)52(87)63-32-20-35(74(2)24-32)50(85)61-18-14-44(83)59-17-12-15-58/h19-30H,10-18,58H2,1-9H3,(H,59,83)(H,60,89)(H,61,85)(H,62,84)(H,63,87)(H,64,86)(H,65,88)(H,66,82)(H,71,91)(H,72,90)(H,73,92). The van der Waals surface area contributed by atoms with Gasteiger partial charge in [0, 0.05) is 145 Å². The number of imidazole rings is 4. The molecule has 0 radical (unpaired) electrons. The minimum Gasteiger partial charge on any atom is -0.356 e. The Morgan fingerprint density at radius 3 is 1.05 bits per heavy atom. The lowest BCUT2D eigenvalue weighted by atomic mass is 10.3. The summed E-state index contributed by atoms with van der Waals surface area (Å²) in [4.78, 5) is 159. The van der Waals surface area contributed by atoms with E-state index in [2.05, 4.69) is 78.4 Å². The summed E-state index contributed by atoms with van der Waals surface area (Å²) in [5, 5.41) is 29.5. The van der Waals surface area contributed by atoms with E-state index in [0.717, 1.165) is 0 Å². The Morgan fingerprint density at radius 1 is 0.337 bits per heavy atom. The molecule has 0 aliphatic carbocycles. The molecule has 0 unspecified atom stereocenters. The average Bonchev–Trinajstić information content (AvgIpc) is 1.88. The van der Waals surface area contributed by atoms with Crippen LogP contribution in [0.5, 0.6) is 0 Å². The zero-order chi connectivity index (χ0) is 66.7. The molecule has 0 aliphatic heterocycles. The van der Waals surface area contributed by atoms with Gasteiger partial charge in [-0.05, 0) is 43.7 Å². The Balaban J connectivity index is 0.751. The SMILES string of the molecule is CCC(=O)Nc1cn(C)c(C(=O)Nc2cn(C)c(C(=O)Nc3cn(C)c(C(=O)Nc4cn(C)c(C(=O)NCCCC(=O)Nc5cc(C(=O)Nc6cc(C(=O)Nc7cc(C(=O)Nc8cc(C(=O)NCCC(=O)NCCCN)n(C)c8)n(C)c7)n(C)c6)n(C)c5)n4)n3)n2)n1. The normalized spacial score (nSPS) is 10.9. The molecule has 8 aromatic rings. The van der Waals surface area contributed by atoms with Crippen LogP contribution in [-0.4, -0.2) is 148 Å². The lowest BCUT2D eigenvalue weighted by molar-refractivity contribution is -0.121. The van der Waals surface area contributed by atoms with Crippen LogP contribution in [0.3, 0.4) is 0 Å². The lowest BCUT2D eigenvalue weighted by Gasteiger charge is -2.06. The van der Waals surface area contributed by atoms with Gasteiger partial charge in [0.15, 0.2) is 23.3 Å². The lowest BCUT2D eigenvalue weighted by Crippen LogP contribution is -2.32. The van der Waals surface area contributed by atoms with Crippen molar-refractivity contribution in [3.63, 3.8) is 0 Å². The van der Waals surface area contributed by atoms with Gasteiger partial charge in [0.25, 0.3) is 47.3 Å². The second kappa shape index (κ2) is 28.9. The van der Waals surface area contributed by atoms with E-state index in [9.17, 15) is 52.7 Å². The second-order valence-corrected chi connectivity index (χ2v) is 21.2. The molecule has 8 heterocycles. The Morgan fingerprint density at radius 2 is 0.674 bits per heavy atom. The summed E-state index contributed by atoms with van der Waals surface area (Å²) in [5.41, 5.74) is 7.53. The first-order chi connectivity index (χ1) is 43.8. The molecule has 0 saturated carbocycles. The topological polar surface area (TPSA) is 437 Å². The molecule has 8 rings (SSSR count). The first-order valence-electron chi connectivity index (χ1n) is 28.6. The molecule has 35 nitrogen and oxygen atoms in total. The van der Waals surface area contributed by atoms with Crippen LogP contribution in [0, 0.1) is 0 Å². The Labute approximate surface area is 524 Å². The molecule has 8 aromatic heterocycles. The fourth-order valence-electron chi connectivity index (χ4n) is 9.27. The first-order valence-corrected chi connectivity index (χ1v) is 28.6. The van der Waals surface area contributed by atoms with E-state index >= 15 is 0 Å². The fraction of sp³-hybridized carbons (Fsp3) is 0.316. The van der Waals surface area contributed by atoms with E-state index in [4.69, 9.17) is 5.73 Å². The van der Waals surface area contributed by atoms with E-state index in [0.29, 0.717) is 42.3 Å². The minimum atomic E-state index is -0.716. The maximum absolute atomic E-state index is 13.5. The van der Waals surface area contributed by atoms with Crippen molar-refractivity contribution in [2.75, 3.05) is 68.7 Å². The molecule has 0 spiro atoms. The van der Waals surface area contributed by atoms with Crippen molar-refractivity contribution in [3.05, 3.63) is 120 Å². The third kappa shape index (κ3) is 16.4. The van der Waals surface area contributed by atoms with Crippen molar-refractivity contribution in [1.82, 2.24) is 72.4 Å². The highest BCUT2D eigenvalue weighted by atomic mass is 16.2. The number of carbonyl (C=O) groups is 11. The molecule has 0 saturated heterocycles. The quantitative estimate of drug-likeness (QED) is 0.0325. The van der Waals surface area contributed by atoms with Gasteiger partial charge in [0.2, 0.25) is 41.0 Å². The predicted octanol–water partition coefficient (Wildman–Crippen LogP) is 1.57. The Bertz CT molecular complexity index is 4180. The van der Waals surface area contributed by atoms with Gasteiger partial charge in [-0.25, -0.2) is 19.9 Å². The number of hydrogen-bond donors (Lipinski definition) is 12. The van der Waals surface area contributed by atoms with Gasteiger partial charge < -0.3 is 101 Å². The van der Waals surface area contributed by atoms with Crippen LogP contribution >= 0.6 is 0 Å². The third-order valence-corrected chi connectivity index (χ3v) is 13.8. The molecule has 0 atom stereocenters. The van der Waals surface area contributed by atoms with Crippen LogP contribution in [0.2, 0.25) is 0 Å². The molecule has 0 fully saturated rings. The highest BCUT2D eigenvalue weighted by molar-refractivity contribution is 6.10. The number of carbonyl (C=O) groups excluding carboxylic acids is 11. The summed E-state index contributed by atoms with van der Waals surface area (Å²) in [6.07, 6.45) is 13.1.